The van der Waals surface area contributed by atoms with Crippen LogP contribution in [-0.2, 0) is 13.6 Å². The molecule has 1 aromatic rings. The fourth-order valence-corrected chi connectivity index (χ4v) is 3.50. The van der Waals surface area contributed by atoms with Crippen LogP contribution in [0.25, 0.3) is 0 Å². The van der Waals surface area contributed by atoms with E-state index >= 15 is 0 Å². The van der Waals surface area contributed by atoms with Crippen LogP contribution in [0.2, 0.25) is 0 Å². The van der Waals surface area contributed by atoms with Crippen LogP contribution >= 0.6 is 7.60 Å². The molecular weight excluding hydrogens is 299 g/mol. The van der Waals surface area contributed by atoms with Crippen LogP contribution in [0.4, 0.5) is 8.78 Å². The van der Waals surface area contributed by atoms with Crippen LogP contribution in [0.5, 0.6) is 0 Å². The lowest BCUT2D eigenvalue weighted by atomic mass is 10.2. The van der Waals surface area contributed by atoms with Crippen molar-refractivity contribution >= 4 is 13.8 Å². The Morgan fingerprint density at radius 2 is 1.76 bits per heavy atom. The van der Waals surface area contributed by atoms with Crippen molar-refractivity contribution in [2.24, 2.45) is 4.99 Å². The summed E-state index contributed by atoms with van der Waals surface area (Å²) in [5, 5.41) is 0. The zero-order valence-electron chi connectivity index (χ0n) is 12.1. The molecule has 1 unspecified atom stereocenters. The largest absolute Gasteiger partial charge is 0.355 e. The third-order valence-corrected chi connectivity index (χ3v) is 4.88. The van der Waals surface area contributed by atoms with Gasteiger partial charge in [0.1, 0.15) is 0 Å². The smallest absolute Gasteiger partial charge is 0.307 e. The molecule has 0 N–H and O–H groups in total. The van der Waals surface area contributed by atoms with Crippen LogP contribution in [-0.4, -0.2) is 31.6 Å². The summed E-state index contributed by atoms with van der Waals surface area (Å²) in [6, 6.07) is 8.98. The molecule has 7 heteroatoms. The van der Waals surface area contributed by atoms with E-state index in [0.29, 0.717) is 0 Å². The fourth-order valence-electron chi connectivity index (χ4n) is 1.71. The minimum atomic E-state index is -3.70. The summed E-state index contributed by atoms with van der Waals surface area (Å²) in [5.74, 6) is -1.21. The summed E-state index contributed by atoms with van der Waals surface area (Å²) in [6.45, 7) is 3.48. The van der Waals surface area contributed by atoms with E-state index in [9.17, 15) is 13.3 Å². The Morgan fingerprint density at radius 3 is 2.24 bits per heavy atom. The maximum absolute atomic E-state index is 12.7. The number of hydrogen-bond donors (Lipinski definition) is 0. The Balaban J connectivity index is 2.98. The van der Waals surface area contributed by atoms with Crippen LogP contribution in [0.3, 0.4) is 0 Å². The van der Waals surface area contributed by atoms with E-state index in [2.05, 4.69) is 4.99 Å². The number of hydrogen-bond acceptors (Lipinski definition) is 4. The third-order valence-electron chi connectivity index (χ3n) is 2.57. The number of rotatable bonds is 9. The van der Waals surface area contributed by atoms with Gasteiger partial charge in [-0.2, -0.15) is 0 Å². The lowest BCUT2D eigenvalue weighted by Crippen LogP contribution is -2.15. The van der Waals surface area contributed by atoms with Crippen LogP contribution < -0.4 is 0 Å². The molecule has 0 aromatic heterocycles. The third kappa shape index (κ3) is 6.04. The Kier molecular flexibility index (Phi) is 7.72. The molecule has 0 saturated carbocycles. The molecule has 1 rings (SSSR count). The van der Waals surface area contributed by atoms with Gasteiger partial charge in [0.15, 0.2) is 5.78 Å². The first-order valence-corrected chi connectivity index (χ1v) is 8.38. The van der Waals surface area contributed by atoms with Crippen molar-refractivity contribution in [1.29, 1.82) is 0 Å². The average molecular weight is 319 g/mol. The molecule has 4 nitrogen and oxygen atoms in total. The topological polar surface area (TPSA) is 47.9 Å². The van der Waals surface area contributed by atoms with Crippen molar-refractivity contribution in [3.8, 4) is 0 Å². The summed E-state index contributed by atoms with van der Waals surface area (Å²) < 4.78 is 48.2. The second kappa shape index (κ2) is 9.03. The van der Waals surface area contributed by atoms with E-state index in [1.54, 1.807) is 38.1 Å². The predicted octanol–water partition coefficient (Wildman–Crippen LogP) is 4.35. The highest BCUT2D eigenvalue weighted by Crippen LogP contribution is 2.55. The van der Waals surface area contributed by atoms with Gasteiger partial charge in [-0.15, -0.1) is 0 Å². The molecule has 21 heavy (non-hydrogen) atoms. The normalized spacial score (nSPS) is 14.0. The minimum absolute atomic E-state index is 0.109. The first kappa shape index (κ1) is 18.0. The zero-order valence-corrected chi connectivity index (χ0v) is 13.0. The molecule has 0 bridgehead atoms. The van der Waals surface area contributed by atoms with Gasteiger partial charge in [-0.25, -0.2) is 8.78 Å². The lowest BCUT2D eigenvalue weighted by Gasteiger charge is -2.23. The molecule has 1 atom stereocenters. The molecule has 0 aliphatic carbocycles. The highest BCUT2D eigenvalue weighted by atomic mass is 31.2. The maximum atomic E-state index is 12.7. The minimum Gasteiger partial charge on any atom is -0.307 e. The number of aliphatic imine (C=N–C) groups is 1. The van der Waals surface area contributed by atoms with Crippen molar-refractivity contribution in [2.75, 3.05) is 13.2 Å². The molecule has 0 amide bonds. The van der Waals surface area contributed by atoms with Gasteiger partial charge in [0.2, 0.25) is 6.43 Å². The molecule has 0 saturated heterocycles. The second-order valence-electron chi connectivity index (χ2n) is 4.17. The molecular formula is C14H20F2NO3P. The lowest BCUT2D eigenvalue weighted by molar-refractivity contribution is 0.127. The summed E-state index contributed by atoms with van der Waals surface area (Å²) in [7, 11) is -3.70. The Bertz CT molecular complexity index is 472. The Labute approximate surface area is 123 Å². The molecule has 0 aliphatic rings. The van der Waals surface area contributed by atoms with E-state index < -0.39 is 26.2 Å². The van der Waals surface area contributed by atoms with E-state index in [4.69, 9.17) is 9.05 Å². The molecule has 0 heterocycles. The summed E-state index contributed by atoms with van der Waals surface area (Å²) in [6.07, 6.45) is -1.89. The number of benzene rings is 1. The van der Waals surface area contributed by atoms with Crippen LogP contribution in [0, 0.1) is 0 Å². The predicted molar refractivity (Wildman–Crippen MR) is 79.3 cm³/mol. The average Bonchev–Trinajstić information content (AvgIpc) is 2.44. The van der Waals surface area contributed by atoms with Gasteiger partial charge < -0.3 is 9.05 Å². The van der Waals surface area contributed by atoms with Crippen LogP contribution in [0.1, 0.15) is 25.8 Å². The van der Waals surface area contributed by atoms with E-state index in [0.717, 1.165) is 5.56 Å². The summed E-state index contributed by atoms with van der Waals surface area (Å²) >= 11 is 0. The highest BCUT2D eigenvalue weighted by Gasteiger charge is 2.37. The molecule has 0 radical (unpaired) electrons. The van der Waals surface area contributed by atoms with Gasteiger partial charge in [0.25, 0.3) is 0 Å². The highest BCUT2D eigenvalue weighted by molar-refractivity contribution is 7.54. The maximum Gasteiger partial charge on any atom is 0.355 e. The number of halogens is 2. The quantitative estimate of drug-likeness (QED) is 0.502. The summed E-state index contributed by atoms with van der Waals surface area (Å²) in [4.78, 5) is 4.03. The molecule has 0 fully saturated rings. The van der Waals surface area contributed by atoms with Gasteiger partial charge in [-0.1, -0.05) is 30.3 Å². The standard InChI is InChI=1S/C14H20F2NO3P/c1-3-19-21(18,20-4-2)14(10-13(15)16)17-11-12-8-6-5-7-9-12/h5-9,11,13-14H,3-4,10H2,1-2H3/b17-11+. The molecule has 0 spiro atoms. The van der Waals surface area contributed by atoms with Crippen molar-refractivity contribution in [3.63, 3.8) is 0 Å². The van der Waals surface area contributed by atoms with Crippen molar-refractivity contribution in [2.45, 2.75) is 32.5 Å². The molecule has 0 aliphatic heterocycles. The Hall–Kier alpha value is -1.10. The first-order chi connectivity index (χ1) is 10.0. The summed E-state index contributed by atoms with van der Waals surface area (Å²) in [5.41, 5.74) is 0.733. The van der Waals surface area contributed by atoms with Gasteiger partial charge in [0.05, 0.1) is 13.2 Å². The van der Waals surface area contributed by atoms with Gasteiger partial charge in [-0.3, -0.25) is 9.56 Å². The van der Waals surface area contributed by atoms with Gasteiger partial charge >= 0.3 is 7.60 Å². The van der Waals surface area contributed by atoms with Crippen molar-refractivity contribution < 1.29 is 22.4 Å². The van der Waals surface area contributed by atoms with Gasteiger partial charge in [0, 0.05) is 12.6 Å². The SMILES string of the molecule is CCOP(=O)(OCC)C(CC(F)F)/N=C/c1ccccc1. The van der Waals surface area contributed by atoms with Crippen LogP contribution in [0.15, 0.2) is 35.3 Å². The molecule has 1 aromatic carbocycles. The number of nitrogens with zero attached hydrogens (tertiary/aromatic N) is 1. The number of alkyl halides is 2. The Morgan fingerprint density at radius 1 is 1.19 bits per heavy atom. The van der Waals surface area contributed by atoms with E-state index in [1.807, 2.05) is 6.07 Å². The zero-order chi connectivity index (χ0) is 15.7. The van der Waals surface area contributed by atoms with E-state index in [1.165, 1.54) is 6.21 Å². The van der Waals surface area contributed by atoms with E-state index in [-0.39, 0.29) is 13.2 Å². The monoisotopic (exact) mass is 319 g/mol. The second-order valence-corrected chi connectivity index (χ2v) is 6.36. The van der Waals surface area contributed by atoms with Crippen molar-refractivity contribution in [1.82, 2.24) is 0 Å². The molecule has 118 valence electrons. The van der Waals surface area contributed by atoms with Crippen molar-refractivity contribution in [3.05, 3.63) is 35.9 Å². The van der Waals surface area contributed by atoms with Gasteiger partial charge in [-0.05, 0) is 19.4 Å². The fraction of sp³-hybridized carbons (Fsp3) is 0.500. The first-order valence-electron chi connectivity index (χ1n) is 6.77.